The molecule has 0 bridgehead atoms. The third-order valence-corrected chi connectivity index (χ3v) is 2.70. The summed E-state index contributed by atoms with van der Waals surface area (Å²) in [4.78, 5) is 12.0. The second-order valence-electron chi connectivity index (χ2n) is 3.84. The lowest BCUT2D eigenvalue weighted by molar-refractivity contribution is 0.0996. The second-order valence-corrected chi connectivity index (χ2v) is 3.84. The molecule has 0 radical (unpaired) electrons. The van der Waals surface area contributed by atoms with Crippen molar-refractivity contribution >= 4 is 11.6 Å². The van der Waals surface area contributed by atoms with Crippen molar-refractivity contribution < 1.29 is 23.4 Å². The molecule has 1 N–H and O–H groups in total. The lowest BCUT2D eigenvalue weighted by Gasteiger charge is -2.15. The summed E-state index contributed by atoms with van der Waals surface area (Å²) >= 11 is 0. The van der Waals surface area contributed by atoms with Gasteiger partial charge in [0.1, 0.15) is 22.9 Å². The summed E-state index contributed by atoms with van der Waals surface area (Å²) in [5.74, 6) is 1.23. The van der Waals surface area contributed by atoms with E-state index in [1.165, 1.54) is 27.6 Å². The van der Waals surface area contributed by atoms with Crippen LogP contribution in [0.15, 0.2) is 34.9 Å². The predicted molar refractivity (Wildman–Crippen MR) is 72.8 cm³/mol. The molecule has 6 nitrogen and oxygen atoms in total. The number of hydrogen-bond donors (Lipinski definition) is 1. The van der Waals surface area contributed by atoms with Gasteiger partial charge in [-0.15, -0.1) is 0 Å². The van der Waals surface area contributed by atoms with Crippen LogP contribution in [0.2, 0.25) is 0 Å². The Balaban J connectivity index is 2.37. The Kier molecular flexibility index (Phi) is 4.14. The summed E-state index contributed by atoms with van der Waals surface area (Å²) in [6.07, 6.45) is 1.43. The zero-order valence-electron chi connectivity index (χ0n) is 11.4. The first-order chi connectivity index (χ1) is 9.69. The Labute approximate surface area is 116 Å². The molecule has 0 saturated carbocycles. The lowest BCUT2D eigenvalue weighted by Crippen LogP contribution is -2.12. The van der Waals surface area contributed by atoms with Crippen LogP contribution in [0.4, 0.5) is 5.69 Å². The van der Waals surface area contributed by atoms with Crippen molar-refractivity contribution in [3.05, 3.63) is 36.3 Å². The van der Waals surface area contributed by atoms with Gasteiger partial charge in [-0.2, -0.15) is 0 Å². The minimum atomic E-state index is -0.392. The van der Waals surface area contributed by atoms with E-state index in [1.807, 2.05) is 0 Å². The quantitative estimate of drug-likeness (QED) is 0.909. The van der Waals surface area contributed by atoms with E-state index >= 15 is 0 Å². The number of hydrogen-bond acceptors (Lipinski definition) is 5. The van der Waals surface area contributed by atoms with Gasteiger partial charge in [0.15, 0.2) is 5.76 Å². The van der Waals surface area contributed by atoms with Crippen molar-refractivity contribution in [3.63, 3.8) is 0 Å². The molecule has 1 amide bonds. The molecule has 2 rings (SSSR count). The van der Waals surface area contributed by atoms with Crippen LogP contribution >= 0.6 is 0 Å². The summed E-state index contributed by atoms with van der Waals surface area (Å²) in [6, 6.07) is 6.51. The van der Waals surface area contributed by atoms with Gasteiger partial charge in [-0.05, 0) is 12.1 Å². The molecule has 0 spiro atoms. The van der Waals surface area contributed by atoms with Crippen LogP contribution in [0.5, 0.6) is 17.2 Å². The molecule has 1 aromatic carbocycles. The van der Waals surface area contributed by atoms with Gasteiger partial charge in [-0.25, -0.2) is 0 Å². The standard InChI is InChI=1S/C14H15NO5/c1-17-9-7-11(18-2)13(12(8-9)19-3)15-14(16)10-5-4-6-20-10/h4-8H,1-3H3,(H,15,16). The average Bonchev–Trinajstić information content (AvgIpc) is 3.01. The fraction of sp³-hybridized carbons (Fsp3) is 0.214. The van der Waals surface area contributed by atoms with E-state index in [-0.39, 0.29) is 5.76 Å². The van der Waals surface area contributed by atoms with E-state index < -0.39 is 5.91 Å². The van der Waals surface area contributed by atoms with Crippen LogP contribution in [0.3, 0.4) is 0 Å². The van der Waals surface area contributed by atoms with E-state index in [4.69, 9.17) is 18.6 Å². The number of amides is 1. The van der Waals surface area contributed by atoms with E-state index in [9.17, 15) is 4.79 Å². The molecule has 6 heteroatoms. The molecule has 106 valence electrons. The fourth-order valence-electron chi connectivity index (χ4n) is 1.71. The summed E-state index contributed by atoms with van der Waals surface area (Å²) in [6.45, 7) is 0. The normalized spacial score (nSPS) is 9.95. The summed E-state index contributed by atoms with van der Waals surface area (Å²) < 4.78 is 20.7. The summed E-state index contributed by atoms with van der Waals surface area (Å²) in [5, 5.41) is 2.70. The molecular formula is C14H15NO5. The lowest BCUT2D eigenvalue weighted by atomic mass is 10.2. The van der Waals surface area contributed by atoms with E-state index in [0.29, 0.717) is 22.9 Å². The van der Waals surface area contributed by atoms with Crippen LogP contribution in [-0.2, 0) is 0 Å². The van der Waals surface area contributed by atoms with Gasteiger partial charge >= 0.3 is 0 Å². The summed E-state index contributed by atoms with van der Waals surface area (Å²) in [5.41, 5.74) is 0.414. The number of carbonyl (C=O) groups excluding carboxylic acids is 1. The van der Waals surface area contributed by atoms with Crippen LogP contribution < -0.4 is 19.5 Å². The smallest absolute Gasteiger partial charge is 0.291 e. The van der Waals surface area contributed by atoms with E-state index in [0.717, 1.165) is 0 Å². The van der Waals surface area contributed by atoms with Gasteiger partial charge in [0.2, 0.25) is 0 Å². The monoisotopic (exact) mass is 277 g/mol. The first kappa shape index (κ1) is 13.8. The number of carbonyl (C=O) groups is 1. The van der Waals surface area contributed by atoms with E-state index in [2.05, 4.69) is 5.32 Å². The number of nitrogens with one attached hydrogen (secondary N) is 1. The molecule has 0 aliphatic carbocycles. The third kappa shape index (κ3) is 2.69. The van der Waals surface area contributed by atoms with Crippen molar-refractivity contribution in [2.24, 2.45) is 0 Å². The number of furan rings is 1. The van der Waals surface area contributed by atoms with Gasteiger partial charge < -0.3 is 23.9 Å². The highest BCUT2D eigenvalue weighted by atomic mass is 16.5. The first-order valence-electron chi connectivity index (χ1n) is 5.84. The molecule has 1 heterocycles. The SMILES string of the molecule is COc1cc(OC)c(NC(=O)c2ccco2)c(OC)c1. The maximum absolute atomic E-state index is 12.0. The highest BCUT2D eigenvalue weighted by Gasteiger charge is 2.17. The third-order valence-electron chi connectivity index (χ3n) is 2.70. The maximum Gasteiger partial charge on any atom is 0.291 e. The van der Waals surface area contributed by atoms with Crippen molar-refractivity contribution in [3.8, 4) is 17.2 Å². The number of methoxy groups -OCH3 is 3. The minimum absolute atomic E-state index is 0.199. The van der Waals surface area contributed by atoms with Gasteiger partial charge in [0.05, 0.1) is 27.6 Å². The Hall–Kier alpha value is -2.63. The molecular weight excluding hydrogens is 262 g/mol. The molecule has 20 heavy (non-hydrogen) atoms. The van der Waals surface area contributed by atoms with Gasteiger partial charge in [-0.3, -0.25) is 4.79 Å². The van der Waals surface area contributed by atoms with Gasteiger partial charge in [0.25, 0.3) is 5.91 Å². The predicted octanol–water partition coefficient (Wildman–Crippen LogP) is 2.56. The Morgan fingerprint density at radius 3 is 2.20 bits per heavy atom. The molecule has 0 atom stereocenters. The molecule has 0 fully saturated rings. The van der Waals surface area contributed by atoms with Crippen LogP contribution in [0.25, 0.3) is 0 Å². The zero-order chi connectivity index (χ0) is 14.5. The van der Waals surface area contributed by atoms with Crippen LogP contribution in [0.1, 0.15) is 10.6 Å². The maximum atomic E-state index is 12.0. The highest BCUT2D eigenvalue weighted by molar-refractivity contribution is 6.04. The van der Waals surface area contributed by atoms with E-state index in [1.54, 1.807) is 24.3 Å². The van der Waals surface area contributed by atoms with Crippen LogP contribution in [0, 0.1) is 0 Å². The van der Waals surface area contributed by atoms with Crippen molar-refractivity contribution in [2.45, 2.75) is 0 Å². The molecule has 0 unspecified atom stereocenters. The van der Waals surface area contributed by atoms with Crippen molar-refractivity contribution in [2.75, 3.05) is 26.6 Å². The first-order valence-corrected chi connectivity index (χ1v) is 5.84. The number of anilines is 1. The average molecular weight is 277 g/mol. The number of rotatable bonds is 5. The van der Waals surface area contributed by atoms with Gasteiger partial charge in [0, 0.05) is 12.1 Å². The van der Waals surface area contributed by atoms with Crippen molar-refractivity contribution in [1.82, 2.24) is 0 Å². The Bertz CT molecular complexity index is 567. The fourth-order valence-corrected chi connectivity index (χ4v) is 1.71. The Morgan fingerprint density at radius 2 is 1.75 bits per heavy atom. The Morgan fingerprint density at radius 1 is 1.10 bits per heavy atom. The van der Waals surface area contributed by atoms with Crippen LogP contribution in [-0.4, -0.2) is 27.2 Å². The number of ether oxygens (including phenoxy) is 3. The van der Waals surface area contributed by atoms with Crippen molar-refractivity contribution in [1.29, 1.82) is 0 Å². The minimum Gasteiger partial charge on any atom is -0.496 e. The largest absolute Gasteiger partial charge is 0.496 e. The highest BCUT2D eigenvalue weighted by Crippen LogP contribution is 2.39. The number of benzene rings is 1. The molecule has 0 aliphatic heterocycles. The molecule has 0 saturated heterocycles. The zero-order valence-corrected chi connectivity index (χ0v) is 11.4. The van der Waals surface area contributed by atoms with Gasteiger partial charge in [-0.1, -0.05) is 0 Å². The molecule has 0 aliphatic rings. The summed E-state index contributed by atoms with van der Waals surface area (Å²) in [7, 11) is 4.53. The molecule has 2 aromatic rings. The molecule has 1 aromatic heterocycles. The second kappa shape index (κ2) is 6.01. The topological polar surface area (TPSA) is 69.9 Å².